The first-order valence-corrected chi connectivity index (χ1v) is 11.2. The Balaban J connectivity index is 1.45. The van der Waals surface area contributed by atoms with Crippen molar-refractivity contribution < 1.29 is 14.4 Å². The topological polar surface area (TPSA) is 46.0 Å². The number of carbonyl (C=O) groups is 1. The molecule has 2 atom stereocenters. The second kappa shape index (κ2) is 10.3. The van der Waals surface area contributed by atoms with E-state index in [1.807, 2.05) is 44.4 Å². The van der Waals surface area contributed by atoms with Crippen LogP contribution in [0.2, 0.25) is 0 Å². The standard InChI is InChI=1S/C27H31N3O2/c1-29(2)24-14-12-22(13-15-24)26(30-17-16-21-8-6-7-9-23(21)19-30)18-28-27(31)20-32-25-10-4-3-5-11-25/h3-15,26H,16-20H2,1-2H3,(H,28,31)/p+1/t26-/m0/s1. The van der Waals surface area contributed by atoms with Crippen molar-refractivity contribution in [1.29, 1.82) is 0 Å². The van der Waals surface area contributed by atoms with Crippen molar-refractivity contribution in [2.45, 2.75) is 19.0 Å². The third-order valence-electron chi connectivity index (χ3n) is 6.17. The van der Waals surface area contributed by atoms with Gasteiger partial charge in [0.05, 0.1) is 13.1 Å². The Morgan fingerprint density at radius 3 is 2.38 bits per heavy atom. The Labute approximate surface area is 190 Å². The number of fused-ring (bicyclic) bond motifs is 1. The molecule has 3 aromatic carbocycles. The number of quaternary nitrogens is 1. The number of benzene rings is 3. The monoisotopic (exact) mass is 430 g/mol. The van der Waals surface area contributed by atoms with E-state index in [-0.39, 0.29) is 18.6 Å². The molecule has 32 heavy (non-hydrogen) atoms. The summed E-state index contributed by atoms with van der Waals surface area (Å²) in [5, 5.41) is 3.11. The summed E-state index contributed by atoms with van der Waals surface area (Å²) in [5.41, 5.74) is 5.27. The summed E-state index contributed by atoms with van der Waals surface area (Å²) in [4.78, 5) is 16.1. The minimum atomic E-state index is -0.0967. The number of carbonyl (C=O) groups excluding carboxylic acids is 1. The van der Waals surface area contributed by atoms with Crippen molar-refractivity contribution >= 4 is 11.6 Å². The van der Waals surface area contributed by atoms with Crippen LogP contribution in [0.25, 0.3) is 0 Å². The first-order valence-electron chi connectivity index (χ1n) is 11.2. The SMILES string of the molecule is CN(C)c1ccc([C@H](CNC(=O)COc2ccccc2)[NH+]2CCc3ccccc3C2)cc1. The second-order valence-corrected chi connectivity index (χ2v) is 8.55. The van der Waals surface area contributed by atoms with E-state index in [1.54, 1.807) is 0 Å². The molecule has 2 N–H and O–H groups in total. The summed E-state index contributed by atoms with van der Waals surface area (Å²) in [5.74, 6) is 0.609. The average Bonchev–Trinajstić information content (AvgIpc) is 2.83. The average molecular weight is 431 g/mol. The molecular weight excluding hydrogens is 398 g/mol. The van der Waals surface area contributed by atoms with E-state index in [0.29, 0.717) is 12.3 Å². The van der Waals surface area contributed by atoms with Gasteiger partial charge in [-0.05, 0) is 29.8 Å². The Morgan fingerprint density at radius 2 is 1.66 bits per heavy atom. The fourth-order valence-electron chi connectivity index (χ4n) is 4.33. The van der Waals surface area contributed by atoms with Gasteiger partial charge in [-0.1, -0.05) is 54.6 Å². The summed E-state index contributed by atoms with van der Waals surface area (Å²) in [6, 6.07) is 27.0. The quantitative estimate of drug-likeness (QED) is 0.578. The van der Waals surface area contributed by atoms with Crippen LogP contribution in [0.5, 0.6) is 5.75 Å². The van der Waals surface area contributed by atoms with Crippen LogP contribution in [0.1, 0.15) is 22.7 Å². The predicted molar refractivity (Wildman–Crippen MR) is 128 cm³/mol. The van der Waals surface area contributed by atoms with Gasteiger partial charge in [-0.15, -0.1) is 0 Å². The molecule has 3 aromatic rings. The summed E-state index contributed by atoms with van der Waals surface area (Å²) < 4.78 is 5.62. The van der Waals surface area contributed by atoms with Crippen LogP contribution in [0.3, 0.4) is 0 Å². The summed E-state index contributed by atoms with van der Waals surface area (Å²) in [7, 11) is 4.10. The molecule has 0 aromatic heterocycles. The van der Waals surface area contributed by atoms with E-state index in [9.17, 15) is 4.79 Å². The van der Waals surface area contributed by atoms with Crippen LogP contribution in [0.15, 0.2) is 78.9 Å². The van der Waals surface area contributed by atoms with Gasteiger partial charge in [-0.3, -0.25) is 4.79 Å². The zero-order valence-electron chi connectivity index (χ0n) is 18.9. The molecule has 0 spiro atoms. The van der Waals surface area contributed by atoms with E-state index in [1.165, 1.54) is 27.3 Å². The highest BCUT2D eigenvalue weighted by molar-refractivity contribution is 5.77. The summed E-state index contributed by atoms with van der Waals surface area (Å²) in [6.07, 6.45) is 1.06. The van der Waals surface area contributed by atoms with Crippen LogP contribution < -0.4 is 19.9 Å². The molecule has 4 rings (SSSR count). The van der Waals surface area contributed by atoms with Crippen molar-refractivity contribution in [1.82, 2.24) is 5.32 Å². The summed E-state index contributed by atoms with van der Waals surface area (Å²) in [6.45, 7) is 2.62. The highest BCUT2D eigenvalue weighted by Crippen LogP contribution is 2.18. The molecule has 1 heterocycles. The van der Waals surface area contributed by atoms with E-state index >= 15 is 0 Å². The second-order valence-electron chi connectivity index (χ2n) is 8.55. The molecular formula is C27H32N3O2+. The van der Waals surface area contributed by atoms with Crippen LogP contribution in [-0.2, 0) is 17.8 Å². The lowest BCUT2D eigenvalue weighted by Gasteiger charge is -2.33. The van der Waals surface area contributed by atoms with Gasteiger partial charge in [0.15, 0.2) is 6.61 Å². The molecule has 1 aliphatic heterocycles. The maximum atomic E-state index is 12.5. The van der Waals surface area contributed by atoms with Crippen LogP contribution in [0.4, 0.5) is 5.69 Å². The molecule has 0 saturated carbocycles. The van der Waals surface area contributed by atoms with Gasteiger partial charge >= 0.3 is 0 Å². The molecule has 5 heteroatoms. The third kappa shape index (κ3) is 5.48. The number of hydrogen-bond donors (Lipinski definition) is 2. The molecule has 1 amide bonds. The lowest BCUT2D eigenvalue weighted by molar-refractivity contribution is -0.945. The Kier molecular flexibility index (Phi) is 7.07. The predicted octanol–water partition coefficient (Wildman–Crippen LogP) is 2.63. The van der Waals surface area contributed by atoms with Crippen molar-refractivity contribution in [2.75, 3.05) is 38.7 Å². The number of amides is 1. The van der Waals surface area contributed by atoms with Crippen molar-refractivity contribution in [2.24, 2.45) is 0 Å². The smallest absolute Gasteiger partial charge is 0.258 e. The highest BCUT2D eigenvalue weighted by Gasteiger charge is 2.29. The number of hydrogen-bond acceptors (Lipinski definition) is 3. The maximum absolute atomic E-state index is 12.5. The number of ether oxygens (including phenoxy) is 1. The number of nitrogens with zero attached hydrogens (tertiary/aromatic N) is 1. The Morgan fingerprint density at radius 1 is 0.969 bits per heavy atom. The lowest BCUT2D eigenvalue weighted by atomic mass is 9.96. The molecule has 0 fully saturated rings. The van der Waals surface area contributed by atoms with E-state index < -0.39 is 0 Å². The zero-order chi connectivity index (χ0) is 22.3. The minimum Gasteiger partial charge on any atom is -0.484 e. The third-order valence-corrected chi connectivity index (χ3v) is 6.17. The first kappa shape index (κ1) is 21.9. The van der Waals surface area contributed by atoms with Gasteiger partial charge in [0, 0.05) is 37.3 Å². The van der Waals surface area contributed by atoms with Gasteiger partial charge in [-0.25, -0.2) is 0 Å². The van der Waals surface area contributed by atoms with Gasteiger partial charge in [0.2, 0.25) is 0 Å². The normalized spacial score (nSPS) is 16.0. The fraction of sp³-hybridized carbons (Fsp3) is 0.296. The van der Waals surface area contributed by atoms with Crippen molar-refractivity contribution in [3.05, 3.63) is 95.6 Å². The van der Waals surface area contributed by atoms with E-state index in [2.05, 4.69) is 58.7 Å². The minimum absolute atomic E-state index is 0.0223. The van der Waals surface area contributed by atoms with Crippen LogP contribution in [-0.4, -0.2) is 39.7 Å². The number of para-hydroxylation sites is 1. The molecule has 5 nitrogen and oxygen atoms in total. The number of anilines is 1. The van der Waals surface area contributed by atoms with E-state index in [0.717, 1.165) is 19.5 Å². The van der Waals surface area contributed by atoms with Crippen molar-refractivity contribution in [3.8, 4) is 5.75 Å². The van der Waals surface area contributed by atoms with Gasteiger partial charge in [0.1, 0.15) is 18.3 Å². The molecule has 0 saturated heterocycles. The van der Waals surface area contributed by atoms with E-state index in [4.69, 9.17) is 4.74 Å². The highest BCUT2D eigenvalue weighted by atomic mass is 16.5. The zero-order valence-corrected chi connectivity index (χ0v) is 18.9. The maximum Gasteiger partial charge on any atom is 0.258 e. The van der Waals surface area contributed by atoms with Crippen LogP contribution >= 0.6 is 0 Å². The molecule has 0 bridgehead atoms. The number of rotatable bonds is 8. The number of nitrogens with one attached hydrogen (secondary N) is 2. The Hall–Kier alpha value is -3.31. The van der Waals surface area contributed by atoms with Gasteiger partial charge in [-0.2, -0.15) is 0 Å². The van der Waals surface area contributed by atoms with Crippen molar-refractivity contribution in [3.63, 3.8) is 0 Å². The largest absolute Gasteiger partial charge is 0.484 e. The fourth-order valence-corrected chi connectivity index (χ4v) is 4.33. The van der Waals surface area contributed by atoms with Gasteiger partial charge in [0.25, 0.3) is 5.91 Å². The molecule has 1 aliphatic rings. The lowest BCUT2D eigenvalue weighted by Crippen LogP contribution is -3.12. The molecule has 1 unspecified atom stereocenters. The molecule has 0 radical (unpaired) electrons. The van der Waals surface area contributed by atoms with Gasteiger partial charge < -0.3 is 19.9 Å². The first-order chi connectivity index (χ1) is 15.6. The summed E-state index contributed by atoms with van der Waals surface area (Å²) >= 11 is 0. The Bertz CT molecular complexity index is 1020. The van der Waals surface area contributed by atoms with Crippen LogP contribution in [0, 0.1) is 0 Å². The molecule has 166 valence electrons. The molecule has 0 aliphatic carbocycles.